The monoisotopic (exact) mass is 321 g/mol. The van der Waals surface area contributed by atoms with Gasteiger partial charge in [0.2, 0.25) is 0 Å². The molecule has 1 aliphatic rings. The summed E-state index contributed by atoms with van der Waals surface area (Å²) in [6.07, 6.45) is 5.03. The number of aromatic nitrogens is 1. The lowest BCUT2D eigenvalue weighted by molar-refractivity contribution is 0.457. The second-order valence-electron chi connectivity index (χ2n) is 9.14. The molecule has 0 atom stereocenters. The number of para-hydroxylation sites is 1. The van der Waals surface area contributed by atoms with Crippen LogP contribution in [0.15, 0.2) is 30.3 Å². The molecule has 1 nitrogen and oxygen atoms in total. The van der Waals surface area contributed by atoms with E-state index in [9.17, 15) is 0 Å². The molecule has 0 saturated heterocycles. The molecule has 23 heavy (non-hydrogen) atoms. The first-order chi connectivity index (χ1) is 10.8. The van der Waals surface area contributed by atoms with Gasteiger partial charge in [-0.25, -0.2) is 0 Å². The Balaban J connectivity index is 2.14. The molecule has 0 N–H and O–H groups in total. The summed E-state index contributed by atoms with van der Waals surface area (Å²) in [6, 6.07) is 12.6. The summed E-state index contributed by atoms with van der Waals surface area (Å²) in [5.41, 5.74) is 6.41. The zero-order valence-corrected chi connectivity index (χ0v) is 16.0. The van der Waals surface area contributed by atoms with Crippen LogP contribution in [0.1, 0.15) is 31.4 Å². The van der Waals surface area contributed by atoms with Crippen LogP contribution in [0, 0.1) is 5.41 Å². The van der Waals surface area contributed by atoms with Crippen molar-refractivity contribution in [1.82, 2.24) is 4.40 Å². The topological polar surface area (TPSA) is 4.41 Å². The van der Waals surface area contributed by atoms with Gasteiger partial charge in [0.05, 0.1) is 11.0 Å². The molecule has 4 rings (SSSR count). The predicted molar refractivity (Wildman–Crippen MR) is 104 cm³/mol. The molecule has 0 aliphatic heterocycles. The number of hydrogen-bond donors (Lipinski definition) is 0. The van der Waals surface area contributed by atoms with Crippen molar-refractivity contribution in [2.24, 2.45) is 5.41 Å². The average Bonchev–Trinajstić information content (AvgIpc) is 2.93. The number of rotatable bonds is 2. The molecule has 120 valence electrons. The van der Waals surface area contributed by atoms with E-state index < -0.39 is 8.07 Å². The SMILES string of the molecule is CC1(C)C=c2c(c(C[Si](C)(C)C)c3cc4ccccc4n23)CC1. The molecule has 2 heteroatoms. The highest BCUT2D eigenvalue weighted by molar-refractivity contribution is 6.75. The van der Waals surface area contributed by atoms with Gasteiger partial charge in [0.1, 0.15) is 0 Å². The minimum Gasteiger partial charge on any atom is -0.310 e. The largest absolute Gasteiger partial charge is 0.310 e. The van der Waals surface area contributed by atoms with Crippen molar-refractivity contribution in [3.63, 3.8) is 0 Å². The molecule has 0 bridgehead atoms. The average molecular weight is 322 g/mol. The highest BCUT2D eigenvalue weighted by Gasteiger charge is 2.28. The minimum absolute atomic E-state index is 0.302. The number of fused-ring (bicyclic) bond motifs is 5. The maximum atomic E-state index is 2.54. The van der Waals surface area contributed by atoms with Crippen LogP contribution in [0.5, 0.6) is 0 Å². The quantitative estimate of drug-likeness (QED) is 0.586. The molecule has 0 unspecified atom stereocenters. The van der Waals surface area contributed by atoms with E-state index in [1.54, 1.807) is 11.1 Å². The van der Waals surface area contributed by atoms with Gasteiger partial charge in [-0.05, 0) is 47.6 Å². The molecule has 0 spiro atoms. The van der Waals surface area contributed by atoms with Gasteiger partial charge in [-0.1, -0.05) is 57.8 Å². The summed E-state index contributed by atoms with van der Waals surface area (Å²) in [5.74, 6) is 0. The molecule has 0 fully saturated rings. The molecule has 2 aromatic heterocycles. The van der Waals surface area contributed by atoms with Gasteiger partial charge in [-0.15, -0.1) is 0 Å². The Morgan fingerprint density at radius 3 is 2.57 bits per heavy atom. The Kier molecular flexibility index (Phi) is 3.09. The molecule has 0 radical (unpaired) electrons. The van der Waals surface area contributed by atoms with Crippen LogP contribution in [0.2, 0.25) is 19.6 Å². The van der Waals surface area contributed by atoms with Gasteiger partial charge in [0.25, 0.3) is 0 Å². The van der Waals surface area contributed by atoms with Crippen LogP contribution < -0.4 is 5.35 Å². The van der Waals surface area contributed by atoms with E-state index in [1.165, 1.54) is 40.7 Å². The van der Waals surface area contributed by atoms with Crippen LogP contribution in [-0.4, -0.2) is 12.5 Å². The van der Waals surface area contributed by atoms with E-state index in [2.05, 4.69) is 74.3 Å². The third kappa shape index (κ3) is 2.44. The number of benzene rings is 1. The lowest BCUT2D eigenvalue weighted by Crippen LogP contribution is -2.28. The Bertz CT molecular complexity index is 953. The van der Waals surface area contributed by atoms with Crippen LogP contribution in [-0.2, 0) is 12.5 Å². The fraction of sp³-hybridized carbons (Fsp3) is 0.429. The van der Waals surface area contributed by atoms with Crippen LogP contribution in [0.3, 0.4) is 0 Å². The molecule has 1 aliphatic carbocycles. The first-order valence-electron chi connectivity index (χ1n) is 8.82. The van der Waals surface area contributed by atoms with E-state index in [4.69, 9.17) is 0 Å². The summed E-state index contributed by atoms with van der Waals surface area (Å²) in [7, 11) is -1.15. The normalized spacial score (nSPS) is 17.4. The van der Waals surface area contributed by atoms with Crippen LogP contribution in [0.4, 0.5) is 0 Å². The van der Waals surface area contributed by atoms with Crippen molar-refractivity contribution in [1.29, 1.82) is 0 Å². The summed E-state index contributed by atoms with van der Waals surface area (Å²) in [4.78, 5) is 0. The lowest BCUT2D eigenvalue weighted by atomic mass is 9.81. The van der Waals surface area contributed by atoms with E-state index >= 15 is 0 Å². The molecule has 0 saturated carbocycles. The smallest absolute Gasteiger partial charge is 0.0534 e. The third-order valence-electron chi connectivity index (χ3n) is 5.19. The first kappa shape index (κ1) is 15.0. The van der Waals surface area contributed by atoms with Crippen molar-refractivity contribution < 1.29 is 0 Å². The van der Waals surface area contributed by atoms with E-state index in [0.717, 1.165) is 0 Å². The van der Waals surface area contributed by atoms with Crippen LogP contribution in [0.25, 0.3) is 22.5 Å². The fourth-order valence-corrected chi connectivity index (χ4v) is 5.58. The lowest BCUT2D eigenvalue weighted by Gasteiger charge is -2.25. The summed E-state index contributed by atoms with van der Waals surface area (Å²) in [6.45, 7) is 12.2. The van der Waals surface area contributed by atoms with E-state index in [-0.39, 0.29) is 0 Å². The third-order valence-corrected chi connectivity index (χ3v) is 6.60. The van der Waals surface area contributed by atoms with Crippen molar-refractivity contribution in [3.05, 3.63) is 46.8 Å². The van der Waals surface area contributed by atoms with Crippen molar-refractivity contribution in [2.75, 3.05) is 0 Å². The maximum Gasteiger partial charge on any atom is 0.0534 e. The van der Waals surface area contributed by atoms with E-state index in [0.29, 0.717) is 5.41 Å². The van der Waals surface area contributed by atoms with Gasteiger partial charge < -0.3 is 4.40 Å². The Morgan fingerprint density at radius 2 is 1.83 bits per heavy atom. The Labute approximate surface area is 140 Å². The molecule has 1 aromatic carbocycles. The molecule has 2 heterocycles. The Hall–Kier alpha value is -1.54. The van der Waals surface area contributed by atoms with Gasteiger partial charge in [-0.2, -0.15) is 0 Å². The summed E-state index contributed by atoms with van der Waals surface area (Å²) >= 11 is 0. The van der Waals surface area contributed by atoms with Gasteiger partial charge >= 0.3 is 0 Å². The minimum atomic E-state index is -1.15. The molecule has 3 aromatic rings. The Morgan fingerprint density at radius 1 is 1.09 bits per heavy atom. The second kappa shape index (κ2) is 4.73. The van der Waals surface area contributed by atoms with Crippen molar-refractivity contribution in [3.8, 4) is 0 Å². The second-order valence-corrected chi connectivity index (χ2v) is 14.6. The predicted octanol–water partition coefficient (Wildman–Crippen LogP) is 4.98. The zero-order valence-electron chi connectivity index (χ0n) is 15.0. The van der Waals surface area contributed by atoms with Gasteiger partial charge in [0, 0.05) is 18.8 Å². The molecular weight excluding hydrogens is 294 g/mol. The standard InChI is InChI=1S/C21H27NSi/c1-21(2)11-10-16-17(14-23(3,4)5)19-12-15-8-6-7-9-18(15)22(19)20(16)13-21/h6-9,12-13H,10-11,14H2,1-5H3. The number of nitrogens with zero attached hydrogens (tertiary/aromatic N) is 1. The van der Waals surface area contributed by atoms with Gasteiger partial charge in [0.15, 0.2) is 0 Å². The first-order valence-corrected chi connectivity index (χ1v) is 12.5. The zero-order chi connectivity index (χ0) is 16.4. The highest BCUT2D eigenvalue weighted by Crippen LogP contribution is 2.33. The molecular formula is C21H27NSi. The molecule has 0 amide bonds. The van der Waals surface area contributed by atoms with Gasteiger partial charge in [-0.3, -0.25) is 0 Å². The number of hydrogen-bond acceptors (Lipinski definition) is 0. The van der Waals surface area contributed by atoms with Crippen molar-refractivity contribution in [2.45, 2.75) is 52.4 Å². The summed E-state index contributed by atoms with van der Waals surface area (Å²) < 4.78 is 2.54. The highest BCUT2D eigenvalue weighted by atomic mass is 28.3. The summed E-state index contributed by atoms with van der Waals surface area (Å²) in [5, 5.41) is 2.85. The maximum absolute atomic E-state index is 2.54. The van der Waals surface area contributed by atoms with Crippen LogP contribution >= 0.6 is 0 Å². The fourth-order valence-electron chi connectivity index (χ4n) is 4.13. The van der Waals surface area contributed by atoms with Crippen molar-refractivity contribution >= 4 is 30.6 Å². The van der Waals surface area contributed by atoms with E-state index in [1.807, 2.05) is 0 Å².